The Morgan fingerprint density at radius 1 is 1.54 bits per heavy atom. The average Bonchev–Trinajstić information content (AvgIpc) is 2.94. The Hall–Kier alpha value is -0.120. The van der Waals surface area contributed by atoms with Crippen LogP contribution in [0, 0.1) is 0 Å². The first-order valence-corrected chi connectivity index (χ1v) is 5.19. The van der Waals surface area contributed by atoms with Crippen LogP contribution in [0.3, 0.4) is 0 Å². The average molecular weight is 187 g/mol. The van der Waals surface area contributed by atoms with Gasteiger partial charge in [0.25, 0.3) is 0 Å². The summed E-state index contributed by atoms with van der Waals surface area (Å²) in [6.07, 6.45) is 3.26. The molecule has 1 atom stereocenters. The van der Waals surface area contributed by atoms with Gasteiger partial charge in [-0.2, -0.15) is 0 Å². The van der Waals surface area contributed by atoms with E-state index in [0.717, 1.165) is 32.2 Å². The Morgan fingerprint density at radius 3 is 2.69 bits per heavy atom. The molecule has 0 aromatic rings. The van der Waals surface area contributed by atoms with E-state index in [1.807, 2.05) is 6.92 Å². The zero-order valence-corrected chi connectivity index (χ0v) is 8.70. The van der Waals surface area contributed by atoms with E-state index < -0.39 is 0 Å². The van der Waals surface area contributed by atoms with Crippen molar-refractivity contribution in [3.05, 3.63) is 0 Å². The highest BCUT2D eigenvalue weighted by Crippen LogP contribution is 2.26. The normalized spacial score (nSPS) is 19.4. The zero-order valence-electron chi connectivity index (χ0n) is 8.70. The van der Waals surface area contributed by atoms with Crippen molar-refractivity contribution in [3.63, 3.8) is 0 Å². The largest absolute Gasteiger partial charge is 0.392 e. The van der Waals surface area contributed by atoms with Gasteiger partial charge in [-0.05, 0) is 19.3 Å². The number of aliphatic hydroxyl groups is 1. The van der Waals surface area contributed by atoms with E-state index in [-0.39, 0.29) is 6.10 Å². The van der Waals surface area contributed by atoms with Crippen molar-refractivity contribution >= 4 is 0 Å². The minimum absolute atomic E-state index is 0.169. The van der Waals surface area contributed by atoms with Crippen LogP contribution in [0.25, 0.3) is 0 Å². The molecule has 3 heteroatoms. The van der Waals surface area contributed by atoms with E-state index in [1.165, 1.54) is 12.8 Å². The van der Waals surface area contributed by atoms with Gasteiger partial charge in [-0.15, -0.1) is 0 Å². The number of rotatable bonds is 7. The minimum Gasteiger partial charge on any atom is -0.392 e. The highest BCUT2D eigenvalue weighted by atomic mass is 16.5. The molecule has 13 heavy (non-hydrogen) atoms. The van der Waals surface area contributed by atoms with Crippen LogP contribution in [0.2, 0.25) is 0 Å². The maximum Gasteiger partial charge on any atom is 0.0664 e. The van der Waals surface area contributed by atoms with Crippen LogP contribution in [-0.2, 0) is 4.74 Å². The third-order valence-electron chi connectivity index (χ3n) is 2.56. The molecule has 3 nitrogen and oxygen atoms in total. The number of hydrogen-bond acceptors (Lipinski definition) is 3. The van der Waals surface area contributed by atoms with Crippen molar-refractivity contribution in [2.75, 3.05) is 26.8 Å². The molecule has 1 aliphatic rings. The molecular formula is C10H21NO2. The van der Waals surface area contributed by atoms with E-state index in [1.54, 1.807) is 7.11 Å². The van der Waals surface area contributed by atoms with Gasteiger partial charge in [0.2, 0.25) is 0 Å². The quantitative estimate of drug-likeness (QED) is 0.642. The first-order valence-electron chi connectivity index (χ1n) is 5.19. The summed E-state index contributed by atoms with van der Waals surface area (Å²) in [5.74, 6) is 0. The number of ether oxygens (including phenoxy) is 1. The smallest absolute Gasteiger partial charge is 0.0664 e. The zero-order chi connectivity index (χ0) is 9.68. The van der Waals surface area contributed by atoms with E-state index >= 15 is 0 Å². The number of aliphatic hydroxyl groups excluding tert-OH is 1. The molecule has 1 unspecified atom stereocenters. The molecule has 1 fully saturated rings. The molecule has 0 radical (unpaired) electrons. The third-order valence-corrected chi connectivity index (χ3v) is 2.56. The van der Waals surface area contributed by atoms with E-state index in [0.29, 0.717) is 0 Å². The SMILES string of the molecule is CCC(O)CN(CCOC)C1CC1. The second-order valence-corrected chi connectivity index (χ2v) is 3.78. The summed E-state index contributed by atoms with van der Waals surface area (Å²) in [6.45, 7) is 4.56. The van der Waals surface area contributed by atoms with Gasteiger partial charge in [-0.1, -0.05) is 6.92 Å². The van der Waals surface area contributed by atoms with Crippen molar-refractivity contribution in [3.8, 4) is 0 Å². The van der Waals surface area contributed by atoms with Gasteiger partial charge in [0, 0.05) is 26.2 Å². The standard InChI is InChI=1S/C10H21NO2/c1-3-10(12)8-11(6-7-13-2)9-4-5-9/h9-10,12H,3-8H2,1-2H3. The van der Waals surface area contributed by atoms with Crippen LogP contribution < -0.4 is 0 Å². The Bertz CT molecular complexity index is 137. The lowest BCUT2D eigenvalue weighted by Gasteiger charge is -2.23. The molecule has 1 saturated carbocycles. The van der Waals surface area contributed by atoms with Crippen molar-refractivity contribution in [2.24, 2.45) is 0 Å². The first kappa shape index (κ1) is 11.0. The molecule has 1 aliphatic carbocycles. The second-order valence-electron chi connectivity index (χ2n) is 3.78. The van der Waals surface area contributed by atoms with Crippen molar-refractivity contribution < 1.29 is 9.84 Å². The van der Waals surface area contributed by atoms with Gasteiger partial charge >= 0.3 is 0 Å². The van der Waals surface area contributed by atoms with Gasteiger partial charge in [0.05, 0.1) is 12.7 Å². The maximum absolute atomic E-state index is 9.52. The summed E-state index contributed by atoms with van der Waals surface area (Å²) < 4.78 is 5.04. The molecule has 0 aromatic carbocycles. The lowest BCUT2D eigenvalue weighted by Crippen LogP contribution is -2.36. The predicted molar refractivity (Wildman–Crippen MR) is 52.8 cm³/mol. The summed E-state index contributed by atoms with van der Waals surface area (Å²) in [7, 11) is 1.72. The molecular weight excluding hydrogens is 166 g/mol. The molecule has 0 bridgehead atoms. The van der Waals surface area contributed by atoms with Crippen molar-refractivity contribution in [1.29, 1.82) is 0 Å². The Balaban J connectivity index is 2.20. The summed E-state index contributed by atoms with van der Waals surface area (Å²) >= 11 is 0. The van der Waals surface area contributed by atoms with Crippen LogP contribution in [0.5, 0.6) is 0 Å². The topological polar surface area (TPSA) is 32.7 Å². The summed E-state index contributed by atoms with van der Waals surface area (Å²) in [5.41, 5.74) is 0. The van der Waals surface area contributed by atoms with Crippen LogP contribution in [-0.4, -0.2) is 49.0 Å². The molecule has 0 saturated heterocycles. The summed E-state index contributed by atoms with van der Waals surface area (Å²) in [4.78, 5) is 2.34. The Labute approximate surface area is 80.7 Å². The summed E-state index contributed by atoms with van der Waals surface area (Å²) in [5, 5.41) is 9.52. The summed E-state index contributed by atoms with van der Waals surface area (Å²) in [6, 6.07) is 0.719. The van der Waals surface area contributed by atoms with Crippen LogP contribution in [0.15, 0.2) is 0 Å². The van der Waals surface area contributed by atoms with Gasteiger partial charge in [0.15, 0.2) is 0 Å². The van der Waals surface area contributed by atoms with Gasteiger partial charge < -0.3 is 9.84 Å². The predicted octanol–water partition coefficient (Wildman–Crippen LogP) is 0.868. The van der Waals surface area contributed by atoms with Crippen LogP contribution >= 0.6 is 0 Å². The highest BCUT2D eigenvalue weighted by molar-refractivity contribution is 4.85. The van der Waals surface area contributed by atoms with E-state index in [9.17, 15) is 5.11 Å². The van der Waals surface area contributed by atoms with Crippen molar-refractivity contribution in [2.45, 2.75) is 38.3 Å². The molecule has 0 heterocycles. The first-order chi connectivity index (χ1) is 6.27. The molecule has 78 valence electrons. The molecule has 0 spiro atoms. The Kier molecular flexibility index (Phi) is 4.70. The second kappa shape index (κ2) is 5.58. The Morgan fingerprint density at radius 2 is 2.23 bits per heavy atom. The van der Waals surface area contributed by atoms with Crippen molar-refractivity contribution in [1.82, 2.24) is 4.90 Å². The lowest BCUT2D eigenvalue weighted by molar-refractivity contribution is 0.0826. The highest BCUT2D eigenvalue weighted by Gasteiger charge is 2.29. The van der Waals surface area contributed by atoms with Gasteiger partial charge in [-0.3, -0.25) is 4.90 Å². The lowest BCUT2D eigenvalue weighted by atomic mass is 10.2. The number of methoxy groups -OCH3 is 1. The van der Waals surface area contributed by atoms with Gasteiger partial charge in [-0.25, -0.2) is 0 Å². The molecule has 0 aliphatic heterocycles. The van der Waals surface area contributed by atoms with Crippen LogP contribution in [0.1, 0.15) is 26.2 Å². The monoisotopic (exact) mass is 187 g/mol. The third kappa shape index (κ3) is 4.07. The van der Waals surface area contributed by atoms with Crippen LogP contribution in [0.4, 0.5) is 0 Å². The maximum atomic E-state index is 9.52. The minimum atomic E-state index is -0.169. The van der Waals surface area contributed by atoms with Gasteiger partial charge in [0.1, 0.15) is 0 Å². The molecule has 0 amide bonds. The fourth-order valence-electron chi connectivity index (χ4n) is 1.47. The molecule has 1 rings (SSSR count). The van der Waals surface area contributed by atoms with E-state index in [2.05, 4.69) is 4.90 Å². The fourth-order valence-corrected chi connectivity index (χ4v) is 1.47. The van der Waals surface area contributed by atoms with E-state index in [4.69, 9.17) is 4.74 Å². The fraction of sp³-hybridized carbons (Fsp3) is 1.00. The molecule has 0 aromatic heterocycles. The molecule has 1 N–H and O–H groups in total. The number of hydrogen-bond donors (Lipinski definition) is 1. The number of nitrogens with zero attached hydrogens (tertiary/aromatic N) is 1.